The van der Waals surface area contributed by atoms with Crippen molar-refractivity contribution in [2.45, 2.75) is 44.1 Å². The molecule has 1 aromatic carbocycles. The summed E-state index contributed by atoms with van der Waals surface area (Å²) in [6, 6.07) is 4.81. The van der Waals surface area contributed by atoms with Gasteiger partial charge in [-0.3, -0.25) is 4.79 Å². The number of hydrogen-bond donors (Lipinski definition) is 3. The summed E-state index contributed by atoms with van der Waals surface area (Å²) in [6.45, 7) is -0.244. The predicted octanol–water partition coefficient (Wildman–Crippen LogP) is 2.17. The molecule has 0 saturated heterocycles. The zero-order valence-electron chi connectivity index (χ0n) is 10.2. The first kappa shape index (κ1) is 12.9. The van der Waals surface area contributed by atoms with Gasteiger partial charge in [-0.2, -0.15) is 0 Å². The summed E-state index contributed by atoms with van der Waals surface area (Å²) in [4.78, 5) is 11.6. The van der Waals surface area contributed by atoms with Crippen molar-refractivity contribution < 1.29 is 20.1 Å². The molecule has 1 saturated carbocycles. The van der Waals surface area contributed by atoms with Gasteiger partial charge in [-0.05, 0) is 24.5 Å². The molecular formula is C14H18O4. The monoisotopic (exact) mass is 250 g/mol. The van der Waals surface area contributed by atoms with Gasteiger partial charge in [-0.1, -0.05) is 31.4 Å². The number of aliphatic carboxylic acids is 1. The molecule has 0 spiro atoms. The summed E-state index contributed by atoms with van der Waals surface area (Å²) in [6.07, 6.45) is 4.08. The van der Waals surface area contributed by atoms with Crippen molar-refractivity contribution in [3.8, 4) is 5.75 Å². The Labute approximate surface area is 106 Å². The maximum atomic E-state index is 11.6. The molecule has 0 bridgehead atoms. The summed E-state index contributed by atoms with van der Waals surface area (Å²) in [7, 11) is 0. The highest BCUT2D eigenvalue weighted by Gasteiger charge is 2.41. The highest BCUT2D eigenvalue weighted by molar-refractivity contribution is 5.81. The lowest BCUT2D eigenvalue weighted by Crippen LogP contribution is -2.37. The van der Waals surface area contributed by atoms with Crippen molar-refractivity contribution >= 4 is 5.97 Å². The van der Waals surface area contributed by atoms with E-state index >= 15 is 0 Å². The number of aliphatic hydroxyl groups is 1. The minimum absolute atomic E-state index is 0.0267. The zero-order chi connectivity index (χ0) is 13.2. The molecule has 1 fully saturated rings. The summed E-state index contributed by atoms with van der Waals surface area (Å²) < 4.78 is 0. The topological polar surface area (TPSA) is 77.8 Å². The molecular weight excluding hydrogens is 232 g/mol. The molecule has 1 aliphatic rings. The zero-order valence-corrected chi connectivity index (χ0v) is 10.2. The van der Waals surface area contributed by atoms with Crippen LogP contribution in [0.25, 0.3) is 0 Å². The number of carboxylic acids is 1. The fourth-order valence-corrected chi connectivity index (χ4v) is 2.78. The highest BCUT2D eigenvalue weighted by atomic mass is 16.4. The molecule has 0 amide bonds. The SMILES string of the molecule is O=C(O)C1(c2ccc(CO)c(O)c2)CCCCC1. The number of rotatable bonds is 3. The number of hydrogen-bond acceptors (Lipinski definition) is 3. The van der Waals surface area contributed by atoms with Gasteiger partial charge < -0.3 is 15.3 Å². The van der Waals surface area contributed by atoms with Crippen LogP contribution in [0.15, 0.2) is 18.2 Å². The Hall–Kier alpha value is -1.55. The van der Waals surface area contributed by atoms with E-state index in [-0.39, 0.29) is 12.4 Å². The Balaban J connectivity index is 2.43. The second-order valence-electron chi connectivity index (χ2n) is 4.95. The number of carboxylic acid groups (broad SMARTS) is 1. The summed E-state index contributed by atoms with van der Waals surface area (Å²) in [5.74, 6) is -0.848. The first-order chi connectivity index (χ1) is 8.60. The van der Waals surface area contributed by atoms with E-state index in [1.54, 1.807) is 12.1 Å². The number of benzene rings is 1. The third kappa shape index (κ3) is 2.08. The normalized spacial score (nSPS) is 18.5. The molecule has 0 aliphatic heterocycles. The molecule has 0 heterocycles. The van der Waals surface area contributed by atoms with Crippen molar-refractivity contribution in [1.29, 1.82) is 0 Å². The minimum Gasteiger partial charge on any atom is -0.508 e. The van der Waals surface area contributed by atoms with Crippen molar-refractivity contribution in [3.05, 3.63) is 29.3 Å². The Morgan fingerprint density at radius 2 is 1.89 bits per heavy atom. The minimum atomic E-state index is -0.871. The van der Waals surface area contributed by atoms with Crippen LogP contribution in [0.5, 0.6) is 5.75 Å². The van der Waals surface area contributed by atoms with E-state index in [9.17, 15) is 15.0 Å². The van der Waals surface area contributed by atoms with E-state index < -0.39 is 11.4 Å². The molecule has 0 atom stereocenters. The van der Waals surface area contributed by atoms with Gasteiger partial charge in [0.1, 0.15) is 5.75 Å². The molecule has 0 radical (unpaired) electrons. The Morgan fingerprint density at radius 1 is 1.22 bits per heavy atom. The average molecular weight is 250 g/mol. The number of aromatic hydroxyl groups is 1. The van der Waals surface area contributed by atoms with Crippen molar-refractivity contribution in [3.63, 3.8) is 0 Å². The average Bonchev–Trinajstić information content (AvgIpc) is 2.39. The van der Waals surface area contributed by atoms with Crippen LogP contribution in [0.4, 0.5) is 0 Å². The Morgan fingerprint density at radius 3 is 2.39 bits per heavy atom. The molecule has 0 aromatic heterocycles. The molecule has 1 aliphatic carbocycles. The summed E-state index contributed by atoms with van der Waals surface area (Å²) in [5.41, 5.74) is 0.198. The molecule has 4 nitrogen and oxygen atoms in total. The standard InChI is InChI=1S/C14H18O4/c15-9-10-4-5-11(8-12(10)16)14(13(17)18)6-2-1-3-7-14/h4-5,8,15-16H,1-3,6-7,9H2,(H,17,18). The van der Waals surface area contributed by atoms with E-state index in [4.69, 9.17) is 5.11 Å². The van der Waals surface area contributed by atoms with Crippen molar-refractivity contribution in [2.75, 3.05) is 0 Å². The lowest BCUT2D eigenvalue weighted by molar-refractivity contribution is -0.145. The summed E-state index contributed by atoms with van der Waals surface area (Å²) >= 11 is 0. The van der Waals surface area contributed by atoms with Crippen LogP contribution in [-0.4, -0.2) is 21.3 Å². The Kier molecular flexibility index (Phi) is 3.57. The van der Waals surface area contributed by atoms with Crippen LogP contribution in [0, 0.1) is 0 Å². The number of carbonyl (C=O) groups is 1. The molecule has 2 rings (SSSR count). The fraction of sp³-hybridized carbons (Fsp3) is 0.500. The second kappa shape index (κ2) is 4.98. The van der Waals surface area contributed by atoms with Crippen molar-refractivity contribution in [1.82, 2.24) is 0 Å². The molecule has 4 heteroatoms. The fourth-order valence-electron chi connectivity index (χ4n) is 2.78. The van der Waals surface area contributed by atoms with Gasteiger partial charge in [0.15, 0.2) is 0 Å². The van der Waals surface area contributed by atoms with Gasteiger partial charge in [0.05, 0.1) is 12.0 Å². The molecule has 18 heavy (non-hydrogen) atoms. The van der Waals surface area contributed by atoms with Gasteiger partial charge in [0, 0.05) is 5.56 Å². The van der Waals surface area contributed by atoms with E-state index in [1.807, 2.05) is 0 Å². The number of phenols is 1. The van der Waals surface area contributed by atoms with E-state index in [2.05, 4.69) is 0 Å². The third-order valence-electron chi connectivity index (χ3n) is 3.92. The van der Waals surface area contributed by atoms with Gasteiger partial charge in [-0.25, -0.2) is 0 Å². The van der Waals surface area contributed by atoms with E-state index in [1.165, 1.54) is 6.07 Å². The van der Waals surface area contributed by atoms with Gasteiger partial charge in [0.25, 0.3) is 0 Å². The molecule has 0 unspecified atom stereocenters. The van der Waals surface area contributed by atoms with Crippen LogP contribution in [0.3, 0.4) is 0 Å². The molecule has 3 N–H and O–H groups in total. The van der Waals surface area contributed by atoms with Crippen LogP contribution < -0.4 is 0 Å². The van der Waals surface area contributed by atoms with Crippen molar-refractivity contribution in [2.24, 2.45) is 0 Å². The molecule has 1 aromatic rings. The lowest BCUT2D eigenvalue weighted by atomic mass is 9.69. The smallest absolute Gasteiger partial charge is 0.314 e. The predicted molar refractivity (Wildman–Crippen MR) is 66.4 cm³/mol. The third-order valence-corrected chi connectivity index (χ3v) is 3.92. The highest BCUT2D eigenvalue weighted by Crippen LogP contribution is 2.41. The number of aliphatic hydroxyl groups excluding tert-OH is 1. The molecule has 98 valence electrons. The first-order valence-corrected chi connectivity index (χ1v) is 6.27. The van der Waals surface area contributed by atoms with Gasteiger partial charge in [0.2, 0.25) is 0 Å². The van der Waals surface area contributed by atoms with Crippen LogP contribution in [-0.2, 0) is 16.8 Å². The second-order valence-corrected chi connectivity index (χ2v) is 4.95. The van der Waals surface area contributed by atoms with E-state index in [0.29, 0.717) is 24.0 Å². The maximum Gasteiger partial charge on any atom is 0.314 e. The maximum absolute atomic E-state index is 11.6. The van der Waals surface area contributed by atoms with Gasteiger partial charge >= 0.3 is 5.97 Å². The Bertz CT molecular complexity index is 447. The summed E-state index contributed by atoms with van der Waals surface area (Å²) in [5, 5.41) is 28.3. The quantitative estimate of drug-likeness (QED) is 0.768. The van der Waals surface area contributed by atoms with E-state index in [0.717, 1.165) is 19.3 Å². The van der Waals surface area contributed by atoms with Gasteiger partial charge in [-0.15, -0.1) is 0 Å². The van der Waals surface area contributed by atoms with Crippen LogP contribution in [0.1, 0.15) is 43.2 Å². The van der Waals surface area contributed by atoms with Crippen LogP contribution >= 0.6 is 0 Å². The first-order valence-electron chi connectivity index (χ1n) is 6.27. The largest absolute Gasteiger partial charge is 0.508 e. The van der Waals surface area contributed by atoms with Crippen LogP contribution in [0.2, 0.25) is 0 Å². The lowest BCUT2D eigenvalue weighted by Gasteiger charge is -2.33.